The van der Waals surface area contributed by atoms with Crippen molar-refractivity contribution >= 4 is 17.7 Å². The van der Waals surface area contributed by atoms with Crippen LogP contribution in [0.1, 0.15) is 25.6 Å². The van der Waals surface area contributed by atoms with Gasteiger partial charge in [-0.15, -0.1) is 5.10 Å². The summed E-state index contributed by atoms with van der Waals surface area (Å²) in [6.45, 7) is 3.00. The van der Waals surface area contributed by atoms with Gasteiger partial charge in [0.15, 0.2) is 12.0 Å². The van der Waals surface area contributed by atoms with Gasteiger partial charge in [-0.3, -0.25) is 9.69 Å². The number of aliphatic hydroxyl groups is 1. The molecule has 9 nitrogen and oxygen atoms in total. The van der Waals surface area contributed by atoms with Crippen molar-refractivity contribution in [2.45, 2.75) is 26.2 Å². The van der Waals surface area contributed by atoms with Crippen LogP contribution in [-0.2, 0) is 9.53 Å². The minimum Gasteiger partial charge on any atom is -0.423 e. The summed E-state index contributed by atoms with van der Waals surface area (Å²) >= 11 is 0. The second-order valence-electron chi connectivity index (χ2n) is 5.98. The van der Waals surface area contributed by atoms with Crippen molar-refractivity contribution in [3.8, 4) is 5.69 Å². The number of benzene rings is 1. The summed E-state index contributed by atoms with van der Waals surface area (Å²) in [5, 5.41) is 17.0. The lowest BCUT2D eigenvalue weighted by molar-refractivity contribution is -0.134. The van der Waals surface area contributed by atoms with Crippen LogP contribution < -0.4 is 4.90 Å². The minimum atomic E-state index is -0.819. The van der Waals surface area contributed by atoms with Gasteiger partial charge in [-0.25, -0.2) is 13.9 Å². The van der Waals surface area contributed by atoms with Gasteiger partial charge in [0.2, 0.25) is 5.91 Å². The van der Waals surface area contributed by atoms with Crippen molar-refractivity contribution in [2.24, 2.45) is 0 Å². The maximum absolute atomic E-state index is 14.5. The molecular formula is C16H18FN5O4. The Morgan fingerprint density at radius 1 is 1.50 bits per heavy atom. The predicted molar refractivity (Wildman–Crippen MR) is 88.0 cm³/mol. The van der Waals surface area contributed by atoms with E-state index in [2.05, 4.69) is 10.3 Å². The number of aromatic nitrogens is 3. The molecule has 2 atom stereocenters. The van der Waals surface area contributed by atoms with Gasteiger partial charge in [0.05, 0.1) is 24.5 Å². The van der Waals surface area contributed by atoms with Crippen LogP contribution in [0.3, 0.4) is 0 Å². The van der Waals surface area contributed by atoms with Crippen LogP contribution in [-0.4, -0.2) is 56.8 Å². The number of likely N-dealkylation sites (N-methyl/N-ethyl adjacent to an activating group) is 1. The maximum atomic E-state index is 14.5. The Morgan fingerprint density at radius 2 is 2.23 bits per heavy atom. The van der Waals surface area contributed by atoms with E-state index in [4.69, 9.17) is 4.74 Å². The third-order valence-electron chi connectivity index (χ3n) is 4.15. The predicted octanol–water partition coefficient (Wildman–Crippen LogP) is 1.22. The number of ether oxygens (including phenoxy) is 1. The maximum Gasteiger partial charge on any atom is 0.416 e. The van der Waals surface area contributed by atoms with Gasteiger partial charge in [-0.1, -0.05) is 5.21 Å². The topological polar surface area (TPSA) is 101 Å². The summed E-state index contributed by atoms with van der Waals surface area (Å²) in [4.78, 5) is 26.0. The first-order valence-corrected chi connectivity index (χ1v) is 7.89. The molecule has 0 aliphatic carbocycles. The number of carbonyl (C=O) groups excluding carboxylic acids is 2. The monoisotopic (exact) mass is 363 g/mol. The molecule has 1 aromatic carbocycles. The van der Waals surface area contributed by atoms with Gasteiger partial charge in [0.1, 0.15) is 11.4 Å². The molecule has 2 amide bonds. The van der Waals surface area contributed by atoms with Crippen molar-refractivity contribution in [2.75, 3.05) is 18.5 Å². The summed E-state index contributed by atoms with van der Waals surface area (Å²) in [6.07, 6.45) is -0.787. The van der Waals surface area contributed by atoms with Gasteiger partial charge < -0.3 is 14.7 Å². The molecule has 0 saturated carbocycles. The Hall–Kier alpha value is -3.01. The first kappa shape index (κ1) is 17.8. The number of halogens is 1. The molecule has 3 rings (SSSR count). The van der Waals surface area contributed by atoms with Gasteiger partial charge in [-0.2, -0.15) is 0 Å². The number of cyclic esters (lactones) is 1. The normalized spacial score (nSPS) is 18.0. The lowest BCUT2D eigenvalue weighted by Crippen LogP contribution is -2.38. The van der Waals surface area contributed by atoms with Gasteiger partial charge in [-0.05, 0) is 25.1 Å². The van der Waals surface area contributed by atoms with E-state index in [1.807, 2.05) is 0 Å². The smallest absolute Gasteiger partial charge is 0.416 e. The molecule has 1 aromatic heterocycles. The number of anilines is 1. The number of aliphatic hydroxyl groups excluding tert-OH is 1. The zero-order valence-corrected chi connectivity index (χ0v) is 14.5. The minimum absolute atomic E-state index is 0.100. The molecule has 2 aromatic rings. The Bertz CT molecular complexity index is 853. The van der Waals surface area contributed by atoms with Crippen LogP contribution in [0.2, 0.25) is 0 Å². The van der Waals surface area contributed by atoms with Gasteiger partial charge >= 0.3 is 6.09 Å². The molecule has 2 heterocycles. The molecule has 10 heteroatoms. The molecule has 2 unspecified atom stereocenters. The first-order chi connectivity index (χ1) is 12.3. The summed E-state index contributed by atoms with van der Waals surface area (Å²) in [5.41, 5.74) is 0.733. The van der Waals surface area contributed by atoms with Crippen molar-refractivity contribution in [1.82, 2.24) is 19.9 Å². The molecule has 26 heavy (non-hydrogen) atoms. The number of amides is 2. The molecular weight excluding hydrogens is 345 g/mol. The second-order valence-corrected chi connectivity index (χ2v) is 5.98. The van der Waals surface area contributed by atoms with Gasteiger partial charge in [0.25, 0.3) is 0 Å². The van der Waals surface area contributed by atoms with Gasteiger partial charge in [0, 0.05) is 14.0 Å². The highest BCUT2D eigenvalue weighted by atomic mass is 19.1. The molecule has 138 valence electrons. The average molecular weight is 363 g/mol. The van der Waals surface area contributed by atoms with Crippen molar-refractivity contribution in [1.29, 1.82) is 0 Å². The summed E-state index contributed by atoms with van der Waals surface area (Å²) in [6, 6.07) is 4.16. The molecule has 0 bridgehead atoms. The summed E-state index contributed by atoms with van der Waals surface area (Å²) in [7, 11) is 1.53. The number of hydrogen-bond donors (Lipinski definition) is 1. The highest BCUT2D eigenvalue weighted by molar-refractivity contribution is 5.90. The summed E-state index contributed by atoms with van der Waals surface area (Å²) in [5.74, 6) is -0.869. The average Bonchev–Trinajstić information content (AvgIpc) is 3.21. The Kier molecular flexibility index (Phi) is 4.60. The fourth-order valence-electron chi connectivity index (χ4n) is 2.50. The molecule has 1 N–H and O–H groups in total. The number of carbonyl (C=O) groups is 2. The Labute approximate surface area is 148 Å². The van der Waals surface area contributed by atoms with Crippen LogP contribution in [0, 0.1) is 5.82 Å². The number of rotatable bonds is 4. The van der Waals surface area contributed by atoms with Crippen molar-refractivity contribution < 1.29 is 23.8 Å². The van der Waals surface area contributed by atoms with Crippen molar-refractivity contribution in [3.05, 3.63) is 35.9 Å². The molecule has 0 spiro atoms. The quantitative estimate of drug-likeness (QED) is 0.877. The lowest BCUT2D eigenvalue weighted by atomic mass is 10.2. The van der Waals surface area contributed by atoms with Crippen LogP contribution >= 0.6 is 0 Å². The van der Waals surface area contributed by atoms with Crippen LogP contribution in [0.5, 0.6) is 0 Å². The molecule has 1 saturated heterocycles. The second kappa shape index (κ2) is 6.71. The number of nitrogens with zero attached hydrogens (tertiary/aromatic N) is 5. The SMILES string of the molecule is CC(=O)N(C)C1CN(c2ccc(-n3cc(C(C)O)nn3)c(F)c2)C(=O)O1. The molecule has 0 radical (unpaired) electrons. The van der Waals surface area contributed by atoms with E-state index in [0.29, 0.717) is 11.4 Å². The highest BCUT2D eigenvalue weighted by Gasteiger charge is 2.36. The van der Waals surface area contributed by atoms with E-state index in [1.54, 1.807) is 6.07 Å². The molecule has 1 aliphatic heterocycles. The highest BCUT2D eigenvalue weighted by Crippen LogP contribution is 2.26. The Balaban J connectivity index is 1.83. The van der Waals surface area contributed by atoms with Crippen LogP contribution in [0.4, 0.5) is 14.9 Å². The van der Waals surface area contributed by atoms with Crippen molar-refractivity contribution in [3.63, 3.8) is 0 Å². The summed E-state index contributed by atoms with van der Waals surface area (Å²) < 4.78 is 20.9. The third-order valence-corrected chi connectivity index (χ3v) is 4.15. The van der Waals surface area contributed by atoms with E-state index in [9.17, 15) is 19.1 Å². The third kappa shape index (κ3) is 3.23. The standard InChI is InChI=1S/C16H18FN5O4/c1-9(23)13-7-22(19-18-13)14-5-4-11(6-12(14)17)21-8-15(26-16(21)25)20(3)10(2)24/h4-7,9,15,23H,8H2,1-3H3. The lowest BCUT2D eigenvalue weighted by Gasteiger charge is -2.20. The fraction of sp³-hybridized carbons (Fsp3) is 0.375. The zero-order valence-electron chi connectivity index (χ0n) is 14.5. The molecule has 1 fully saturated rings. The zero-order chi connectivity index (χ0) is 19.0. The Morgan fingerprint density at radius 3 is 2.81 bits per heavy atom. The number of hydrogen-bond acceptors (Lipinski definition) is 6. The van der Waals surface area contributed by atoms with E-state index in [0.717, 1.165) is 0 Å². The van der Waals surface area contributed by atoms with Crippen LogP contribution in [0.25, 0.3) is 5.69 Å². The van der Waals surface area contributed by atoms with E-state index >= 15 is 0 Å². The molecule has 1 aliphatic rings. The fourth-order valence-corrected chi connectivity index (χ4v) is 2.50. The van der Waals surface area contributed by atoms with E-state index < -0.39 is 24.2 Å². The van der Waals surface area contributed by atoms with Crippen LogP contribution in [0.15, 0.2) is 24.4 Å². The first-order valence-electron chi connectivity index (χ1n) is 7.89. The largest absolute Gasteiger partial charge is 0.423 e. The van der Waals surface area contributed by atoms with E-state index in [-0.39, 0.29) is 18.1 Å². The van der Waals surface area contributed by atoms with E-state index in [1.165, 1.54) is 53.7 Å².